The highest BCUT2D eigenvalue weighted by molar-refractivity contribution is 5.30. The molecule has 0 radical (unpaired) electrons. The summed E-state index contributed by atoms with van der Waals surface area (Å²) in [6.07, 6.45) is 0. The Balaban J connectivity index is 2.82. The molecule has 0 aromatic heterocycles. The molecule has 3 N–H and O–H groups in total. The van der Waals surface area contributed by atoms with Crippen molar-refractivity contribution in [2.45, 2.75) is 25.9 Å². The van der Waals surface area contributed by atoms with Crippen LogP contribution in [-0.2, 0) is 6.54 Å². The summed E-state index contributed by atoms with van der Waals surface area (Å²) in [5.41, 5.74) is 5.47. The zero-order chi connectivity index (χ0) is 13.1. The van der Waals surface area contributed by atoms with Gasteiger partial charge in [0.25, 0.3) is 0 Å². The van der Waals surface area contributed by atoms with Crippen LogP contribution >= 0.6 is 0 Å². The Labute approximate surface area is 100.0 Å². The van der Waals surface area contributed by atoms with Gasteiger partial charge in [0.1, 0.15) is 5.82 Å². The van der Waals surface area contributed by atoms with Crippen LogP contribution in [0.15, 0.2) is 12.1 Å². The van der Waals surface area contributed by atoms with Gasteiger partial charge in [-0.25, -0.2) is 8.78 Å². The first-order chi connectivity index (χ1) is 7.89. The second-order valence-electron chi connectivity index (χ2n) is 4.52. The van der Waals surface area contributed by atoms with E-state index in [4.69, 9.17) is 10.5 Å². The molecule has 17 heavy (non-hydrogen) atoms. The van der Waals surface area contributed by atoms with Crippen LogP contribution in [0, 0.1) is 11.6 Å². The molecule has 0 unspecified atom stereocenters. The molecule has 0 aliphatic rings. The van der Waals surface area contributed by atoms with E-state index in [1.807, 2.05) is 13.8 Å². The van der Waals surface area contributed by atoms with E-state index < -0.39 is 11.6 Å². The highest BCUT2D eigenvalue weighted by atomic mass is 19.1. The minimum Gasteiger partial charge on any atom is -0.494 e. The maximum atomic E-state index is 13.6. The standard InChI is InChI=1S/C12H18F2N2O/c1-12(2,7-15)16-6-8-4-10(14)11(17-3)5-9(8)13/h4-5,16H,6-7,15H2,1-3H3. The monoisotopic (exact) mass is 244 g/mol. The topological polar surface area (TPSA) is 47.3 Å². The summed E-state index contributed by atoms with van der Waals surface area (Å²) in [6.45, 7) is 4.42. The number of ether oxygens (including phenoxy) is 1. The van der Waals surface area contributed by atoms with Crippen LogP contribution in [0.2, 0.25) is 0 Å². The van der Waals surface area contributed by atoms with Gasteiger partial charge in [-0.15, -0.1) is 0 Å². The number of rotatable bonds is 5. The largest absolute Gasteiger partial charge is 0.494 e. The van der Waals surface area contributed by atoms with Gasteiger partial charge in [0, 0.05) is 30.3 Å². The van der Waals surface area contributed by atoms with Gasteiger partial charge in [0.05, 0.1) is 7.11 Å². The van der Waals surface area contributed by atoms with Gasteiger partial charge in [-0.3, -0.25) is 0 Å². The van der Waals surface area contributed by atoms with Gasteiger partial charge < -0.3 is 15.8 Å². The molecule has 1 aromatic carbocycles. The van der Waals surface area contributed by atoms with Gasteiger partial charge in [-0.1, -0.05) is 0 Å². The number of nitrogens with one attached hydrogen (secondary N) is 1. The van der Waals surface area contributed by atoms with Crippen LogP contribution in [0.25, 0.3) is 0 Å². The number of hydrogen-bond acceptors (Lipinski definition) is 3. The second-order valence-corrected chi connectivity index (χ2v) is 4.52. The summed E-state index contributed by atoms with van der Waals surface area (Å²) in [6, 6.07) is 2.18. The highest BCUT2D eigenvalue weighted by Crippen LogP contribution is 2.21. The normalized spacial score (nSPS) is 11.6. The van der Waals surface area contributed by atoms with Gasteiger partial charge in [0.2, 0.25) is 0 Å². The average Bonchev–Trinajstić information content (AvgIpc) is 2.29. The van der Waals surface area contributed by atoms with Crippen molar-refractivity contribution < 1.29 is 13.5 Å². The van der Waals surface area contributed by atoms with Crippen molar-refractivity contribution in [2.24, 2.45) is 5.73 Å². The molecular formula is C12H18F2N2O. The summed E-state index contributed by atoms with van der Waals surface area (Å²) in [7, 11) is 1.30. The fourth-order valence-electron chi connectivity index (χ4n) is 1.27. The Bertz CT molecular complexity index is 394. The van der Waals surface area contributed by atoms with E-state index in [0.29, 0.717) is 6.54 Å². The zero-order valence-corrected chi connectivity index (χ0v) is 10.3. The van der Waals surface area contributed by atoms with Crippen molar-refractivity contribution in [1.29, 1.82) is 0 Å². The van der Waals surface area contributed by atoms with Crippen LogP contribution in [-0.4, -0.2) is 19.2 Å². The Kier molecular flexibility index (Phi) is 4.42. The van der Waals surface area contributed by atoms with Crippen molar-refractivity contribution in [3.8, 4) is 5.75 Å². The molecule has 0 aliphatic heterocycles. The summed E-state index contributed by atoms with van der Waals surface area (Å²) in [5.74, 6) is -1.16. The Hall–Kier alpha value is -1.20. The smallest absolute Gasteiger partial charge is 0.165 e. The molecule has 0 saturated heterocycles. The molecule has 5 heteroatoms. The molecule has 0 aliphatic carbocycles. The fourth-order valence-corrected chi connectivity index (χ4v) is 1.27. The summed E-state index contributed by atoms with van der Waals surface area (Å²) in [5, 5.41) is 3.06. The third-order valence-corrected chi connectivity index (χ3v) is 2.59. The summed E-state index contributed by atoms with van der Waals surface area (Å²) in [4.78, 5) is 0. The molecule has 0 heterocycles. The lowest BCUT2D eigenvalue weighted by atomic mass is 10.1. The molecule has 0 spiro atoms. The number of hydrogen-bond donors (Lipinski definition) is 2. The predicted molar refractivity (Wildman–Crippen MR) is 62.9 cm³/mol. The first-order valence-corrected chi connectivity index (χ1v) is 5.36. The number of nitrogens with two attached hydrogens (primary N) is 1. The van der Waals surface area contributed by atoms with Crippen LogP contribution in [0.5, 0.6) is 5.75 Å². The van der Waals surface area contributed by atoms with Gasteiger partial charge in [-0.05, 0) is 19.9 Å². The predicted octanol–water partition coefficient (Wildman–Crippen LogP) is 1.80. The van der Waals surface area contributed by atoms with Gasteiger partial charge >= 0.3 is 0 Å². The number of methoxy groups -OCH3 is 1. The molecule has 0 atom stereocenters. The van der Waals surface area contributed by atoms with Crippen molar-refractivity contribution in [3.63, 3.8) is 0 Å². The average molecular weight is 244 g/mol. The van der Waals surface area contributed by atoms with Crippen molar-refractivity contribution in [2.75, 3.05) is 13.7 Å². The van der Waals surface area contributed by atoms with Crippen LogP contribution in [0.4, 0.5) is 8.78 Å². The lowest BCUT2D eigenvalue weighted by Gasteiger charge is -2.24. The summed E-state index contributed by atoms with van der Waals surface area (Å²) >= 11 is 0. The van der Waals surface area contributed by atoms with Crippen molar-refractivity contribution in [3.05, 3.63) is 29.3 Å². The van der Waals surface area contributed by atoms with Gasteiger partial charge in [-0.2, -0.15) is 0 Å². The Morgan fingerprint density at radius 1 is 1.29 bits per heavy atom. The first-order valence-electron chi connectivity index (χ1n) is 5.36. The molecule has 0 saturated carbocycles. The molecular weight excluding hydrogens is 226 g/mol. The van der Waals surface area contributed by atoms with E-state index in [0.717, 1.165) is 12.1 Å². The Morgan fingerprint density at radius 2 is 1.94 bits per heavy atom. The molecule has 0 fully saturated rings. The maximum Gasteiger partial charge on any atom is 0.165 e. The van der Waals surface area contributed by atoms with E-state index in [9.17, 15) is 8.78 Å². The van der Waals surface area contributed by atoms with Gasteiger partial charge in [0.15, 0.2) is 11.6 Å². The third-order valence-electron chi connectivity index (χ3n) is 2.59. The van der Waals surface area contributed by atoms with E-state index in [1.54, 1.807) is 0 Å². The van der Waals surface area contributed by atoms with Crippen LogP contribution < -0.4 is 15.8 Å². The van der Waals surface area contributed by atoms with E-state index in [-0.39, 0.29) is 23.4 Å². The zero-order valence-electron chi connectivity index (χ0n) is 10.3. The molecule has 0 amide bonds. The van der Waals surface area contributed by atoms with E-state index in [1.165, 1.54) is 7.11 Å². The Morgan fingerprint density at radius 3 is 2.47 bits per heavy atom. The summed E-state index contributed by atoms with van der Waals surface area (Å²) < 4.78 is 31.7. The lowest BCUT2D eigenvalue weighted by Crippen LogP contribution is -2.45. The first kappa shape index (κ1) is 13.9. The maximum absolute atomic E-state index is 13.6. The van der Waals surface area contributed by atoms with Crippen LogP contribution in [0.1, 0.15) is 19.4 Å². The number of benzene rings is 1. The SMILES string of the molecule is COc1cc(F)c(CNC(C)(C)CN)cc1F. The lowest BCUT2D eigenvalue weighted by molar-refractivity contribution is 0.375. The molecule has 1 aromatic rings. The van der Waals surface area contributed by atoms with Crippen LogP contribution in [0.3, 0.4) is 0 Å². The van der Waals surface area contributed by atoms with Crippen molar-refractivity contribution in [1.82, 2.24) is 5.32 Å². The fraction of sp³-hybridized carbons (Fsp3) is 0.500. The second kappa shape index (κ2) is 5.42. The molecule has 96 valence electrons. The van der Waals surface area contributed by atoms with E-state index in [2.05, 4.69) is 5.32 Å². The van der Waals surface area contributed by atoms with Crippen molar-refractivity contribution >= 4 is 0 Å². The third kappa shape index (κ3) is 3.64. The highest BCUT2D eigenvalue weighted by Gasteiger charge is 2.16. The number of halogens is 2. The quantitative estimate of drug-likeness (QED) is 0.830. The molecule has 3 nitrogen and oxygen atoms in total. The molecule has 0 bridgehead atoms. The molecule has 1 rings (SSSR count). The minimum atomic E-state index is -0.573. The minimum absolute atomic E-state index is 0.0932. The van der Waals surface area contributed by atoms with E-state index >= 15 is 0 Å².